The molecule has 0 amide bonds. The van der Waals surface area contributed by atoms with E-state index >= 15 is 0 Å². The quantitative estimate of drug-likeness (QED) is 0.820. The number of anilines is 2. The number of thiocarbonyl (C=S) groups is 1. The summed E-state index contributed by atoms with van der Waals surface area (Å²) in [5, 5.41) is 3.23. The minimum absolute atomic E-state index is 0.258. The number of rotatable bonds is 3. The van der Waals surface area contributed by atoms with E-state index in [0.29, 0.717) is 4.99 Å². The van der Waals surface area contributed by atoms with Crippen molar-refractivity contribution in [2.75, 3.05) is 5.32 Å². The zero-order chi connectivity index (χ0) is 14.0. The largest absolute Gasteiger partial charge is 0.389 e. The molecule has 2 nitrogen and oxygen atoms in total. The van der Waals surface area contributed by atoms with Gasteiger partial charge in [-0.3, -0.25) is 0 Å². The minimum Gasteiger partial charge on any atom is -0.389 e. The molecule has 2 aromatic carbocycles. The standard InChI is InChI=1S/C14H12BrFN2S/c1-8-6-10(16)3-5-12(8)18-13-7-9(15)2-4-11(13)14(17)19/h2-7,18H,1H3,(H2,17,19). The van der Waals surface area contributed by atoms with Gasteiger partial charge in [-0.25, -0.2) is 4.39 Å². The SMILES string of the molecule is Cc1cc(F)ccc1Nc1cc(Br)ccc1C(N)=S. The number of hydrogen-bond donors (Lipinski definition) is 2. The molecule has 0 unspecified atom stereocenters. The number of nitrogens with two attached hydrogens (primary N) is 1. The zero-order valence-electron chi connectivity index (χ0n) is 10.2. The molecule has 98 valence electrons. The molecule has 0 saturated heterocycles. The van der Waals surface area contributed by atoms with Gasteiger partial charge in [-0.15, -0.1) is 0 Å². The predicted molar refractivity (Wildman–Crippen MR) is 84.4 cm³/mol. The Morgan fingerprint density at radius 3 is 2.58 bits per heavy atom. The van der Waals surface area contributed by atoms with Gasteiger partial charge >= 0.3 is 0 Å². The summed E-state index contributed by atoms with van der Waals surface area (Å²) < 4.78 is 14.0. The van der Waals surface area contributed by atoms with Crippen molar-refractivity contribution in [3.63, 3.8) is 0 Å². The maximum absolute atomic E-state index is 13.1. The van der Waals surface area contributed by atoms with Crippen LogP contribution in [0.25, 0.3) is 0 Å². The summed E-state index contributed by atoms with van der Waals surface area (Å²) >= 11 is 8.43. The summed E-state index contributed by atoms with van der Waals surface area (Å²) in [5.41, 5.74) is 8.87. The average Bonchev–Trinajstić information content (AvgIpc) is 2.32. The molecule has 19 heavy (non-hydrogen) atoms. The highest BCUT2D eigenvalue weighted by molar-refractivity contribution is 9.10. The third kappa shape index (κ3) is 3.30. The lowest BCUT2D eigenvalue weighted by Crippen LogP contribution is -2.12. The van der Waals surface area contributed by atoms with Crippen molar-refractivity contribution in [1.82, 2.24) is 0 Å². The predicted octanol–water partition coefficient (Wildman–Crippen LogP) is 4.27. The molecule has 2 rings (SSSR count). The van der Waals surface area contributed by atoms with Gasteiger partial charge in [0.2, 0.25) is 0 Å². The van der Waals surface area contributed by atoms with Crippen LogP contribution in [0, 0.1) is 12.7 Å². The Hall–Kier alpha value is -1.46. The number of hydrogen-bond acceptors (Lipinski definition) is 2. The Balaban J connectivity index is 2.42. The molecule has 0 atom stereocenters. The Labute approximate surface area is 124 Å². The molecular formula is C14H12BrFN2S. The van der Waals surface area contributed by atoms with E-state index < -0.39 is 0 Å². The van der Waals surface area contributed by atoms with E-state index in [4.69, 9.17) is 18.0 Å². The Morgan fingerprint density at radius 2 is 1.95 bits per heavy atom. The van der Waals surface area contributed by atoms with Crippen LogP contribution in [0.1, 0.15) is 11.1 Å². The van der Waals surface area contributed by atoms with E-state index in [1.54, 1.807) is 6.07 Å². The monoisotopic (exact) mass is 338 g/mol. The van der Waals surface area contributed by atoms with Crippen molar-refractivity contribution >= 4 is 44.5 Å². The van der Waals surface area contributed by atoms with Gasteiger partial charge in [0.15, 0.2) is 0 Å². The minimum atomic E-state index is -0.258. The first-order chi connectivity index (χ1) is 8.97. The average molecular weight is 339 g/mol. The summed E-state index contributed by atoms with van der Waals surface area (Å²) in [5.74, 6) is -0.258. The van der Waals surface area contributed by atoms with Crippen molar-refractivity contribution < 1.29 is 4.39 Å². The molecule has 0 saturated carbocycles. The van der Waals surface area contributed by atoms with Gasteiger partial charge in [0.05, 0.1) is 0 Å². The van der Waals surface area contributed by atoms with Crippen LogP contribution in [0.3, 0.4) is 0 Å². The molecule has 0 aliphatic rings. The van der Waals surface area contributed by atoms with Crippen LogP contribution in [0.4, 0.5) is 15.8 Å². The highest BCUT2D eigenvalue weighted by Gasteiger charge is 2.08. The van der Waals surface area contributed by atoms with E-state index in [0.717, 1.165) is 27.0 Å². The second-order valence-electron chi connectivity index (χ2n) is 4.14. The summed E-state index contributed by atoms with van der Waals surface area (Å²) in [6, 6.07) is 10.2. The van der Waals surface area contributed by atoms with Crippen LogP contribution >= 0.6 is 28.1 Å². The molecule has 0 radical (unpaired) electrons. The highest BCUT2D eigenvalue weighted by atomic mass is 79.9. The van der Waals surface area contributed by atoms with Gasteiger partial charge in [-0.05, 0) is 48.9 Å². The molecule has 0 spiro atoms. The van der Waals surface area contributed by atoms with E-state index in [1.165, 1.54) is 12.1 Å². The molecule has 5 heteroatoms. The maximum atomic E-state index is 13.1. The Kier molecular flexibility index (Phi) is 4.17. The molecule has 0 bridgehead atoms. The second-order valence-corrected chi connectivity index (χ2v) is 5.49. The summed E-state index contributed by atoms with van der Waals surface area (Å²) in [4.78, 5) is 0.315. The highest BCUT2D eigenvalue weighted by Crippen LogP contribution is 2.27. The van der Waals surface area contributed by atoms with E-state index in [2.05, 4.69) is 21.2 Å². The molecule has 0 heterocycles. The first kappa shape index (κ1) is 14.0. The number of halogens is 2. The van der Waals surface area contributed by atoms with Gasteiger partial charge in [-0.1, -0.05) is 28.1 Å². The third-order valence-corrected chi connectivity index (χ3v) is 3.42. The van der Waals surface area contributed by atoms with Crippen LogP contribution in [0.5, 0.6) is 0 Å². The van der Waals surface area contributed by atoms with Gasteiger partial charge in [0.1, 0.15) is 10.8 Å². The normalized spacial score (nSPS) is 10.3. The topological polar surface area (TPSA) is 38.0 Å². The van der Waals surface area contributed by atoms with E-state index in [9.17, 15) is 4.39 Å². The first-order valence-corrected chi connectivity index (χ1v) is 6.80. The lowest BCUT2D eigenvalue weighted by molar-refractivity contribution is 0.627. The van der Waals surface area contributed by atoms with Crippen LogP contribution in [0.15, 0.2) is 40.9 Å². The van der Waals surface area contributed by atoms with Crippen molar-refractivity contribution in [3.8, 4) is 0 Å². The van der Waals surface area contributed by atoms with Crippen molar-refractivity contribution in [1.29, 1.82) is 0 Å². The van der Waals surface area contributed by atoms with Gasteiger partial charge < -0.3 is 11.1 Å². The fraction of sp³-hybridized carbons (Fsp3) is 0.0714. The molecule has 0 aliphatic heterocycles. The molecule has 0 aromatic heterocycles. The van der Waals surface area contributed by atoms with Crippen LogP contribution in [-0.4, -0.2) is 4.99 Å². The number of nitrogens with one attached hydrogen (secondary N) is 1. The summed E-state index contributed by atoms with van der Waals surface area (Å²) in [6.07, 6.45) is 0. The lowest BCUT2D eigenvalue weighted by Gasteiger charge is -2.13. The van der Waals surface area contributed by atoms with Crippen LogP contribution < -0.4 is 11.1 Å². The van der Waals surface area contributed by atoms with Crippen molar-refractivity contribution in [3.05, 3.63) is 57.8 Å². The van der Waals surface area contributed by atoms with Gasteiger partial charge in [0.25, 0.3) is 0 Å². The molecule has 0 fully saturated rings. The van der Waals surface area contributed by atoms with Crippen LogP contribution in [0.2, 0.25) is 0 Å². The molecule has 2 aromatic rings. The smallest absolute Gasteiger partial charge is 0.123 e. The number of aryl methyl sites for hydroxylation is 1. The van der Waals surface area contributed by atoms with Crippen LogP contribution in [-0.2, 0) is 0 Å². The first-order valence-electron chi connectivity index (χ1n) is 5.60. The molecule has 0 aliphatic carbocycles. The molecular weight excluding hydrogens is 327 g/mol. The fourth-order valence-electron chi connectivity index (χ4n) is 1.75. The van der Waals surface area contributed by atoms with Gasteiger partial charge in [-0.2, -0.15) is 0 Å². The summed E-state index contributed by atoms with van der Waals surface area (Å²) in [6.45, 7) is 1.84. The van der Waals surface area contributed by atoms with E-state index in [1.807, 2.05) is 25.1 Å². The lowest BCUT2D eigenvalue weighted by atomic mass is 10.1. The van der Waals surface area contributed by atoms with Crippen molar-refractivity contribution in [2.45, 2.75) is 6.92 Å². The Morgan fingerprint density at radius 1 is 1.21 bits per heavy atom. The van der Waals surface area contributed by atoms with Crippen molar-refractivity contribution in [2.24, 2.45) is 5.73 Å². The number of benzene rings is 2. The summed E-state index contributed by atoms with van der Waals surface area (Å²) in [7, 11) is 0. The third-order valence-electron chi connectivity index (χ3n) is 2.70. The van der Waals surface area contributed by atoms with Gasteiger partial charge in [0, 0.05) is 21.4 Å². The maximum Gasteiger partial charge on any atom is 0.123 e. The Bertz CT molecular complexity index is 643. The zero-order valence-corrected chi connectivity index (χ0v) is 12.6. The molecule has 3 N–H and O–H groups in total. The van der Waals surface area contributed by atoms with E-state index in [-0.39, 0.29) is 5.82 Å². The fourth-order valence-corrected chi connectivity index (χ4v) is 2.29. The second kappa shape index (κ2) is 5.67.